The highest BCUT2D eigenvalue weighted by atomic mass is 32.1. The molecule has 14 heavy (non-hydrogen) atoms. The molecule has 1 aromatic rings. The van der Waals surface area contributed by atoms with Crippen LogP contribution in [0.5, 0.6) is 0 Å². The van der Waals surface area contributed by atoms with E-state index in [-0.39, 0.29) is 6.04 Å². The fourth-order valence-corrected chi connectivity index (χ4v) is 3.04. The third kappa shape index (κ3) is 2.16. The third-order valence-corrected chi connectivity index (χ3v) is 4.17. The Hall–Kier alpha value is -0.380. The van der Waals surface area contributed by atoms with Gasteiger partial charge in [0.25, 0.3) is 0 Å². The van der Waals surface area contributed by atoms with Crippen molar-refractivity contribution < 1.29 is 0 Å². The summed E-state index contributed by atoms with van der Waals surface area (Å²) in [6, 6.07) is 4.88. The zero-order chi connectivity index (χ0) is 9.97. The second-order valence-electron chi connectivity index (χ2n) is 4.22. The Balaban J connectivity index is 1.95. The van der Waals surface area contributed by atoms with E-state index < -0.39 is 0 Å². The molecule has 0 bridgehead atoms. The van der Waals surface area contributed by atoms with E-state index in [0.717, 1.165) is 12.8 Å². The molecule has 4 N–H and O–H groups in total. The lowest BCUT2D eigenvalue weighted by Crippen LogP contribution is -2.31. The molecule has 1 fully saturated rings. The molecule has 0 saturated heterocycles. The van der Waals surface area contributed by atoms with E-state index in [0.29, 0.717) is 12.0 Å². The highest BCUT2D eigenvalue weighted by Gasteiger charge is 2.25. The van der Waals surface area contributed by atoms with E-state index >= 15 is 0 Å². The quantitative estimate of drug-likeness (QED) is 0.786. The van der Waals surface area contributed by atoms with Gasteiger partial charge in [0, 0.05) is 17.0 Å². The average molecular weight is 210 g/mol. The van der Waals surface area contributed by atoms with Crippen molar-refractivity contribution in [3.05, 3.63) is 22.4 Å². The average Bonchev–Trinajstić information content (AvgIpc) is 2.71. The van der Waals surface area contributed by atoms with Crippen LogP contribution in [0.2, 0.25) is 0 Å². The van der Waals surface area contributed by atoms with Crippen LogP contribution in [0.15, 0.2) is 17.5 Å². The molecule has 3 heteroatoms. The van der Waals surface area contributed by atoms with Crippen LogP contribution in [0.1, 0.15) is 36.6 Å². The van der Waals surface area contributed by atoms with Crippen molar-refractivity contribution in [3.8, 4) is 0 Å². The normalized spacial score (nSPS) is 30.1. The Morgan fingerprint density at radius 1 is 1.29 bits per heavy atom. The third-order valence-electron chi connectivity index (χ3n) is 3.20. The Kier molecular flexibility index (Phi) is 3.21. The van der Waals surface area contributed by atoms with Crippen molar-refractivity contribution in [2.45, 2.75) is 37.8 Å². The molecule has 0 aromatic carbocycles. The molecule has 0 radical (unpaired) electrons. The first-order valence-corrected chi connectivity index (χ1v) is 6.20. The summed E-state index contributed by atoms with van der Waals surface area (Å²) in [5.74, 6) is 0.647. The van der Waals surface area contributed by atoms with Gasteiger partial charge in [0.15, 0.2) is 0 Å². The Bertz CT molecular complexity index is 263. The summed E-state index contributed by atoms with van der Waals surface area (Å²) in [5, 5.41) is 2.10. The zero-order valence-electron chi connectivity index (χ0n) is 8.36. The van der Waals surface area contributed by atoms with E-state index in [1.54, 1.807) is 11.3 Å². The Morgan fingerprint density at radius 2 is 2.00 bits per heavy atom. The number of hydrogen-bond acceptors (Lipinski definition) is 3. The van der Waals surface area contributed by atoms with Crippen LogP contribution in [-0.4, -0.2) is 6.04 Å². The second kappa shape index (κ2) is 4.43. The van der Waals surface area contributed by atoms with Gasteiger partial charge in [0.2, 0.25) is 0 Å². The van der Waals surface area contributed by atoms with Crippen molar-refractivity contribution in [3.63, 3.8) is 0 Å². The van der Waals surface area contributed by atoms with Gasteiger partial charge in [-0.2, -0.15) is 0 Å². The van der Waals surface area contributed by atoms with Gasteiger partial charge in [-0.25, -0.2) is 0 Å². The fourth-order valence-electron chi connectivity index (χ4n) is 2.22. The van der Waals surface area contributed by atoms with Gasteiger partial charge in [-0.3, -0.25) is 0 Å². The fraction of sp³-hybridized carbons (Fsp3) is 0.636. The van der Waals surface area contributed by atoms with Crippen molar-refractivity contribution in [1.82, 2.24) is 0 Å². The van der Waals surface area contributed by atoms with Gasteiger partial charge >= 0.3 is 0 Å². The summed E-state index contributed by atoms with van der Waals surface area (Å²) < 4.78 is 0. The topological polar surface area (TPSA) is 52.0 Å². The molecule has 1 aliphatic rings. The molecule has 1 heterocycles. The predicted octanol–water partition coefficient (Wildman–Crippen LogP) is 2.27. The first kappa shape index (κ1) is 10.1. The van der Waals surface area contributed by atoms with Gasteiger partial charge in [-0.15, -0.1) is 11.3 Å². The summed E-state index contributed by atoms with van der Waals surface area (Å²) >= 11 is 1.77. The number of thiophene rings is 1. The number of rotatable bonds is 2. The molecule has 2 nitrogen and oxygen atoms in total. The lowest BCUT2D eigenvalue weighted by Gasteiger charge is -2.29. The molecule has 1 aliphatic carbocycles. The molecule has 1 unspecified atom stereocenters. The van der Waals surface area contributed by atoms with Crippen LogP contribution in [0.4, 0.5) is 0 Å². The zero-order valence-corrected chi connectivity index (χ0v) is 9.17. The van der Waals surface area contributed by atoms with Gasteiger partial charge in [0.1, 0.15) is 0 Å². The summed E-state index contributed by atoms with van der Waals surface area (Å²) in [6.45, 7) is 0. The monoisotopic (exact) mass is 210 g/mol. The van der Waals surface area contributed by atoms with E-state index in [9.17, 15) is 0 Å². The van der Waals surface area contributed by atoms with E-state index in [1.165, 1.54) is 17.7 Å². The van der Waals surface area contributed by atoms with Gasteiger partial charge < -0.3 is 11.5 Å². The Labute approximate surface area is 89.3 Å². The minimum atomic E-state index is 0.238. The molecule has 0 aliphatic heterocycles. The van der Waals surface area contributed by atoms with Crippen molar-refractivity contribution in [1.29, 1.82) is 0 Å². The van der Waals surface area contributed by atoms with Gasteiger partial charge in [-0.05, 0) is 43.0 Å². The standard InChI is InChI=1S/C11H18N2S/c12-9-5-3-8(4-6-9)11(13)10-2-1-7-14-10/h1-2,7-9,11H,3-6,12-13H2. The first-order valence-electron chi connectivity index (χ1n) is 5.32. The molecule has 0 spiro atoms. The van der Waals surface area contributed by atoms with Crippen molar-refractivity contribution in [2.24, 2.45) is 17.4 Å². The minimum absolute atomic E-state index is 0.238. The smallest absolute Gasteiger partial charge is 0.0418 e. The highest BCUT2D eigenvalue weighted by molar-refractivity contribution is 7.10. The molecular weight excluding hydrogens is 192 g/mol. The van der Waals surface area contributed by atoms with Crippen LogP contribution >= 0.6 is 11.3 Å². The summed E-state index contributed by atoms with van der Waals surface area (Å²) in [7, 11) is 0. The van der Waals surface area contributed by atoms with Crippen LogP contribution in [0.3, 0.4) is 0 Å². The van der Waals surface area contributed by atoms with Crippen LogP contribution in [0, 0.1) is 5.92 Å². The molecule has 2 rings (SSSR count). The molecule has 1 saturated carbocycles. The molecule has 1 atom stereocenters. The summed E-state index contributed by atoms with van der Waals surface area (Å²) in [6.07, 6.45) is 4.67. The lowest BCUT2D eigenvalue weighted by atomic mass is 9.82. The molecule has 0 amide bonds. The van der Waals surface area contributed by atoms with E-state index in [1.807, 2.05) is 0 Å². The van der Waals surface area contributed by atoms with E-state index in [2.05, 4.69) is 17.5 Å². The molecule has 1 aromatic heterocycles. The maximum absolute atomic E-state index is 6.23. The molecular formula is C11H18N2S. The largest absolute Gasteiger partial charge is 0.328 e. The lowest BCUT2D eigenvalue weighted by molar-refractivity contribution is 0.287. The number of nitrogens with two attached hydrogens (primary N) is 2. The van der Waals surface area contributed by atoms with E-state index in [4.69, 9.17) is 11.5 Å². The predicted molar refractivity (Wildman–Crippen MR) is 61.2 cm³/mol. The summed E-state index contributed by atoms with van der Waals surface area (Å²) in [5.41, 5.74) is 12.1. The maximum atomic E-state index is 6.23. The van der Waals surface area contributed by atoms with Crippen LogP contribution in [-0.2, 0) is 0 Å². The molecule has 78 valence electrons. The second-order valence-corrected chi connectivity index (χ2v) is 5.20. The minimum Gasteiger partial charge on any atom is -0.328 e. The number of hydrogen-bond donors (Lipinski definition) is 2. The first-order chi connectivity index (χ1) is 6.77. The summed E-state index contributed by atoms with van der Waals surface area (Å²) in [4.78, 5) is 1.32. The van der Waals surface area contributed by atoms with Crippen LogP contribution < -0.4 is 11.5 Å². The van der Waals surface area contributed by atoms with Gasteiger partial charge in [-0.1, -0.05) is 6.07 Å². The highest BCUT2D eigenvalue weighted by Crippen LogP contribution is 2.34. The van der Waals surface area contributed by atoms with Crippen molar-refractivity contribution in [2.75, 3.05) is 0 Å². The maximum Gasteiger partial charge on any atom is 0.0418 e. The van der Waals surface area contributed by atoms with Gasteiger partial charge in [0.05, 0.1) is 0 Å². The Morgan fingerprint density at radius 3 is 2.57 bits per heavy atom. The SMILES string of the molecule is NC1CCC(C(N)c2cccs2)CC1. The van der Waals surface area contributed by atoms with Crippen LogP contribution in [0.25, 0.3) is 0 Å². The van der Waals surface area contributed by atoms with Crippen molar-refractivity contribution >= 4 is 11.3 Å².